The van der Waals surface area contributed by atoms with Gasteiger partial charge in [-0.05, 0) is 51.4 Å². The molecule has 0 radical (unpaired) electrons. The number of rotatable bonds is 9. The SMILES string of the molecule is CCNC(=NCc1ccc(CN2CCN(C)CC2)cc1)NCCCn1nc(C)cc1C.I. The maximum Gasteiger partial charge on any atom is 0.191 e. The lowest BCUT2D eigenvalue weighted by molar-refractivity contribution is 0.148. The van der Waals surface area contributed by atoms with Crippen LogP contribution in [0.15, 0.2) is 35.3 Å². The molecule has 7 nitrogen and oxygen atoms in total. The molecule has 0 aliphatic carbocycles. The van der Waals surface area contributed by atoms with Crippen LogP contribution in [0.1, 0.15) is 35.9 Å². The van der Waals surface area contributed by atoms with Crippen LogP contribution in [0.3, 0.4) is 0 Å². The molecule has 1 saturated heterocycles. The highest BCUT2D eigenvalue weighted by Crippen LogP contribution is 2.10. The molecule has 0 spiro atoms. The van der Waals surface area contributed by atoms with Gasteiger partial charge in [-0.1, -0.05) is 24.3 Å². The Balaban J connectivity index is 0.00000363. The van der Waals surface area contributed by atoms with Crippen LogP contribution in [-0.2, 0) is 19.6 Å². The van der Waals surface area contributed by atoms with E-state index in [1.807, 2.05) is 6.92 Å². The molecule has 3 rings (SSSR count). The molecule has 0 bridgehead atoms. The second kappa shape index (κ2) is 13.8. The van der Waals surface area contributed by atoms with Crippen LogP contribution in [-0.4, -0.2) is 71.9 Å². The Labute approximate surface area is 210 Å². The number of aliphatic imine (C=N–C) groups is 1. The van der Waals surface area contributed by atoms with E-state index in [-0.39, 0.29) is 24.0 Å². The number of aromatic nitrogens is 2. The summed E-state index contributed by atoms with van der Waals surface area (Å²) in [6.07, 6.45) is 1.01. The first-order valence-corrected chi connectivity index (χ1v) is 11.6. The van der Waals surface area contributed by atoms with Gasteiger partial charge >= 0.3 is 0 Å². The molecule has 32 heavy (non-hydrogen) atoms. The molecule has 1 aromatic carbocycles. The van der Waals surface area contributed by atoms with Gasteiger partial charge in [0.25, 0.3) is 0 Å². The summed E-state index contributed by atoms with van der Waals surface area (Å²) in [5.74, 6) is 0.873. The fourth-order valence-corrected chi connectivity index (χ4v) is 3.86. The molecular weight excluding hydrogens is 513 g/mol. The summed E-state index contributed by atoms with van der Waals surface area (Å²) in [4.78, 5) is 9.69. The van der Waals surface area contributed by atoms with E-state index in [4.69, 9.17) is 4.99 Å². The van der Waals surface area contributed by atoms with E-state index >= 15 is 0 Å². The predicted octanol–water partition coefficient (Wildman–Crippen LogP) is 3.01. The standard InChI is InChI=1S/C24H39N7.HI/c1-5-25-24(26-11-6-12-31-21(3)17-20(2)28-31)27-18-22-7-9-23(10-8-22)19-30-15-13-29(4)14-16-30;/h7-10,17H,5-6,11-16,18-19H2,1-4H3,(H2,25,26,27);1H. The highest BCUT2D eigenvalue weighted by atomic mass is 127. The highest BCUT2D eigenvalue weighted by molar-refractivity contribution is 14.0. The van der Waals surface area contributed by atoms with Crippen molar-refractivity contribution in [3.8, 4) is 0 Å². The van der Waals surface area contributed by atoms with Gasteiger partial charge in [-0.2, -0.15) is 5.10 Å². The smallest absolute Gasteiger partial charge is 0.191 e. The predicted molar refractivity (Wildman–Crippen MR) is 144 cm³/mol. The molecule has 2 N–H and O–H groups in total. The van der Waals surface area contributed by atoms with E-state index in [1.54, 1.807) is 0 Å². The first kappa shape index (κ1) is 26.6. The quantitative estimate of drug-likeness (QED) is 0.217. The third-order valence-corrected chi connectivity index (χ3v) is 5.73. The summed E-state index contributed by atoms with van der Waals surface area (Å²) in [6, 6.07) is 11.0. The zero-order valence-electron chi connectivity index (χ0n) is 20.1. The number of nitrogens with zero attached hydrogens (tertiary/aromatic N) is 5. The fraction of sp³-hybridized carbons (Fsp3) is 0.583. The molecule has 0 unspecified atom stereocenters. The van der Waals surface area contributed by atoms with Crippen LogP contribution in [0.25, 0.3) is 0 Å². The third-order valence-electron chi connectivity index (χ3n) is 5.73. The molecule has 0 amide bonds. The Morgan fingerprint density at radius 3 is 2.34 bits per heavy atom. The maximum absolute atomic E-state index is 4.76. The van der Waals surface area contributed by atoms with Gasteiger partial charge in [0.05, 0.1) is 12.2 Å². The molecule has 1 aliphatic rings. The maximum atomic E-state index is 4.76. The van der Waals surface area contributed by atoms with Crippen molar-refractivity contribution >= 4 is 29.9 Å². The average Bonchev–Trinajstić information content (AvgIpc) is 3.09. The Morgan fingerprint density at radius 1 is 1.03 bits per heavy atom. The molecule has 2 aromatic rings. The fourth-order valence-electron chi connectivity index (χ4n) is 3.86. The van der Waals surface area contributed by atoms with Gasteiger partial charge in [-0.15, -0.1) is 24.0 Å². The van der Waals surface area contributed by atoms with E-state index < -0.39 is 0 Å². The molecule has 0 saturated carbocycles. The monoisotopic (exact) mass is 553 g/mol. The van der Waals surface area contributed by atoms with E-state index in [0.29, 0.717) is 6.54 Å². The minimum atomic E-state index is 0. The number of aryl methyl sites for hydroxylation is 3. The van der Waals surface area contributed by atoms with Crippen molar-refractivity contribution in [2.75, 3.05) is 46.3 Å². The topological polar surface area (TPSA) is 60.7 Å². The van der Waals surface area contributed by atoms with Crippen molar-refractivity contribution in [2.24, 2.45) is 4.99 Å². The van der Waals surface area contributed by atoms with Crippen LogP contribution in [0.2, 0.25) is 0 Å². The van der Waals surface area contributed by atoms with Gasteiger partial charge in [0.2, 0.25) is 0 Å². The molecule has 8 heteroatoms. The number of hydrogen-bond donors (Lipinski definition) is 2. The molecule has 1 aliphatic heterocycles. The number of likely N-dealkylation sites (N-methyl/N-ethyl adjacent to an activating group) is 1. The molecule has 1 aromatic heterocycles. The van der Waals surface area contributed by atoms with Crippen LogP contribution in [0, 0.1) is 13.8 Å². The van der Waals surface area contributed by atoms with Gasteiger partial charge in [0, 0.05) is 58.1 Å². The van der Waals surface area contributed by atoms with Crippen LogP contribution in [0.5, 0.6) is 0 Å². The van der Waals surface area contributed by atoms with E-state index in [9.17, 15) is 0 Å². The molecule has 2 heterocycles. The molecule has 178 valence electrons. The second-order valence-corrected chi connectivity index (χ2v) is 8.52. The first-order valence-electron chi connectivity index (χ1n) is 11.6. The summed E-state index contributed by atoms with van der Waals surface area (Å²) in [6.45, 7) is 15.2. The summed E-state index contributed by atoms with van der Waals surface area (Å²) in [5.41, 5.74) is 4.91. The van der Waals surface area contributed by atoms with Gasteiger partial charge in [-0.25, -0.2) is 4.99 Å². The number of nitrogens with one attached hydrogen (secondary N) is 2. The molecule has 0 atom stereocenters. The lowest BCUT2D eigenvalue weighted by atomic mass is 10.1. The van der Waals surface area contributed by atoms with E-state index in [0.717, 1.165) is 70.4 Å². The van der Waals surface area contributed by atoms with Crippen molar-refractivity contribution in [3.05, 3.63) is 52.8 Å². The Morgan fingerprint density at radius 2 is 1.72 bits per heavy atom. The van der Waals surface area contributed by atoms with E-state index in [2.05, 4.69) is 81.4 Å². The minimum absolute atomic E-state index is 0. The van der Waals surface area contributed by atoms with Gasteiger partial charge < -0.3 is 15.5 Å². The van der Waals surface area contributed by atoms with Gasteiger partial charge in [0.1, 0.15) is 0 Å². The average molecular weight is 554 g/mol. The van der Waals surface area contributed by atoms with Crippen LogP contribution < -0.4 is 10.6 Å². The number of halogens is 1. The zero-order valence-corrected chi connectivity index (χ0v) is 22.4. The van der Waals surface area contributed by atoms with Crippen molar-refractivity contribution in [1.82, 2.24) is 30.2 Å². The summed E-state index contributed by atoms with van der Waals surface area (Å²) >= 11 is 0. The molecular formula is C24H40IN7. The van der Waals surface area contributed by atoms with Crippen molar-refractivity contribution in [2.45, 2.75) is 46.8 Å². The summed E-state index contributed by atoms with van der Waals surface area (Å²) in [7, 11) is 2.20. The molecule has 1 fully saturated rings. The zero-order chi connectivity index (χ0) is 22.1. The number of hydrogen-bond acceptors (Lipinski definition) is 4. The van der Waals surface area contributed by atoms with Gasteiger partial charge in [0.15, 0.2) is 5.96 Å². The lowest BCUT2D eigenvalue weighted by Gasteiger charge is -2.32. The summed E-state index contributed by atoms with van der Waals surface area (Å²) < 4.78 is 2.07. The summed E-state index contributed by atoms with van der Waals surface area (Å²) in [5, 5.41) is 11.3. The Hall–Kier alpha value is -1.65. The van der Waals surface area contributed by atoms with Crippen LogP contribution >= 0.6 is 24.0 Å². The number of benzene rings is 1. The minimum Gasteiger partial charge on any atom is -0.357 e. The number of piperazine rings is 1. The second-order valence-electron chi connectivity index (χ2n) is 8.52. The van der Waals surface area contributed by atoms with Gasteiger partial charge in [-0.3, -0.25) is 9.58 Å². The van der Waals surface area contributed by atoms with Crippen LogP contribution in [0.4, 0.5) is 0 Å². The first-order chi connectivity index (χ1) is 15.0. The van der Waals surface area contributed by atoms with E-state index in [1.165, 1.54) is 16.8 Å². The van der Waals surface area contributed by atoms with Crippen molar-refractivity contribution in [1.29, 1.82) is 0 Å². The Bertz CT molecular complexity index is 823. The third kappa shape index (κ3) is 8.71. The largest absolute Gasteiger partial charge is 0.357 e. The van der Waals surface area contributed by atoms with Crippen molar-refractivity contribution < 1.29 is 0 Å². The highest BCUT2D eigenvalue weighted by Gasteiger charge is 2.13. The van der Waals surface area contributed by atoms with Crippen molar-refractivity contribution in [3.63, 3.8) is 0 Å². The number of guanidine groups is 1. The lowest BCUT2D eigenvalue weighted by Crippen LogP contribution is -2.43. The Kier molecular flexibility index (Phi) is 11.5. The normalized spacial score (nSPS) is 15.4.